The zero-order valence-electron chi connectivity index (χ0n) is 17.8. The first-order valence-corrected chi connectivity index (χ1v) is 10.9. The number of nitrogens with zero attached hydrogens (tertiary/aromatic N) is 3. The predicted octanol–water partition coefficient (Wildman–Crippen LogP) is 7.06. The SMILES string of the molecule is CC(C)c1cnn(C(C)CCC(C)(C)c2ccc3nc(C(C)C)sc3c2)c1. The molecule has 0 N–H and O–H groups in total. The van der Waals surface area contributed by atoms with E-state index in [1.807, 2.05) is 17.5 Å². The number of thiazole rings is 1. The Balaban J connectivity index is 1.72. The largest absolute Gasteiger partial charge is 0.270 e. The van der Waals surface area contributed by atoms with Crippen molar-refractivity contribution >= 4 is 21.6 Å². The van der Waals surface area contributed by atoms with E-state index in [4.69, 9.17) is 4.98 Å². The van der Waals surface area contributed by atoms with Gasteiger partial charge >= 0.3 is 0 Å². The normalized spacial score (nSPS) is 13.8. The van der Waals surface area contributed by atoms with Crippen LogP contribution in [0.25, 0.3) is 10.2 Å². The summed E-state index contributed by atoms with van der Waals surface area (Å²) in [5.74, 6) is 1.02. The number of aromatic nitrogens is 3. The fraction of sp³-hybridized carbons (Fsp3) is 0.565. The second-order valence-corrected chi connectivity index (χ2v) is 10.1. The number of fused-ring (bicyclic) bond motifs is 1. The van der Waals surface area contributed by atoms with Gasteiger partial charge in [-0.05, 0) is 54.4 Å². The van der Waals surface area contributed by atoms with Crippen LogP contribution in [0.4, 0.5) is 0 Å². The fourth-order valence-corrected chi connectivity index (χ4v) is 4.36. The van der Waals surface area contributed by atoms with Gasteiger partial charge in [-0.25, -0.2) is 4.98 Å². The molecule has 2 heterocycles. The van der Waals surface area contributed by atoms with Crippen LogP contribution >= 0.6 is 11.3 Å². The van der Waals surface area contributed by atoms with Crippen molar-refractivity contribution in [1.29, 1.82) is 0 Å². The molecule has 1 unspecified atom stereocenters. The van der Waals surface area contributed by atoms with Crippen molar-refractivity contribution < 1.29 is 0 Å². The van der Waals surface area contributed by atoms with Gasteiger partial charge in [-0.1, -0.05) is 47.6 Å². The molecule has 0 aliphatic rings. The van der Waals surface area contributed by atoms with Gasteiger partial charge in [0.25, 0.3) is 0 Å². The van der Waals surface area contributed by atoms with Gasteiger partial charge in [0.2, 0.25) is 0 Å². The molecular weight excluding hydrogens is 350 g/mol. The average Bonchev–Trinajstić information content (AvgIpc) is 3.26. The van der Waals surface area contributed by atoms with Gasteiger partial charge in [-0.15, -0.1) is 11.3 Å². The van der Waals surface area contributed by atoms with Gasteiger partial charge in [0, 0.05) is 18.2 Å². The third-order valence-corrected chi connectivity index (χ3v) is 6.93. The average molecular weight is 384 g/mol. The molecule has 0 bridgehead atoms. The zero-order chi connectivity index (χ0) is 19.8. The summed E-state index contributed by atoms with van der Waals surface area (Å²) < 4.78 is 3.44. The summed E-state index contributed by atoms with van der Waals surface area (Å²) in [6.07, 6.45) is 6.46. The highest BCUT2D eigenvalue weighted by atomic mass is 32.1. The Hall–Kier alpha value is -1.68. The Bertz CT molecular complexity index is 901. The van der Waals surface area contributed by atoms with Crippen molar-refractivity contribution in [1.82, 2.24) is 14.8 Å². The lowest BCUT2D eigenvalue weighted by atomic mass is 9.79. The molecule has 0 aliphatic heterocycles. The molecule has 0 aliphatic carbocycles. The van der Waals surface area contributed by atoms with E-state index in [9.17, 15) is 0 Å². The van der Waals surface area contributed by atoms with Crippen LogP contribution in [0.5, 0.6) is 0 Å². The first-order chi connectivity index (χ1) is 12.7. The molecule has 0 saturated heterocycles. The van der Waals surface area contributed by atoms with Crippen LogP contribution in [0.3, 0.4) is 0 Å². The van der Waals surface area contributed by atoms with Crippen molar-refractivity contribution in [2.24, 2.45) is 0 Å². The highest BCUT2D eigenvalue weighted by Gasteiger charge is 2.23. The topological polar surface area (TPSA) is 30.7 Å². The lowest BCUT2D eigenvalue weighted by Gasteiger charge is -2.27. The lowest BCUT2D eigenvalue weighted by molar-refractivity contribution is 0.376. The van der Waals surface area contributed by atoms with E-state index >= 15 is 0 Å². The third-order valence-electron chi connectivity index (χ3n) is 5.61. The standard InChI is InChI=1S/C23H33N3S/c1-15(2)18-13-24-26(14-18)17(5)10-11-23(6,7)19-8-9-20-21(12-19)27-22(25-20)16(3)4/h8-9,12-17H,10-11H2,1-7H3. The zero-order valence-corrected chi connectivity index (χ0v) is 18.6. The molecule has 27 heavy (non-hydrogen) atoms. The van der Waals surface area contributed by atoms with Gasteiger partial charge in [0.05, 0.1) is 21.4 Å². The van der Waals surface area contributed by atoms with Crippen LogP contribution < -0.4 is 0 Å². The van der Waals surface area contributed by atoms with E-state index in [-0.39, 0.29) is 5.41 Å². The van der Waals surface area contributed by atoms with Crippen LogP contribution in [-0.4, -0.2) is 14.8 Å². The van der Waals surface area contributed by atoms with Gasteiger partial charge in [0.1, 0.15) is 0 Å². The lowest BCUT2D eigenvalue weighted by Crippen LogP contribution is -2.19. The molecule has 0 spiro atoms. The van der Waals surface area contributed by atoms with Crippen molar-refractivity contribution in [2.75, 3.05) is 0 Å². The summed E-state index contributed by atoms with van der Waals surface area (Å²) in [4.78, 5) is 4.77. The molecule has 0 fully saturated rings. The van der Waals surface area contributed by atoms with E-state index in [0.29, 0.717) is 17.9 Å². The Morgan fingerprint density at radius 1 is 1.07 bits per heavy atom. The van der Waals surface area contributed by atoms with E-state index in [1.165, 1.54) is 20.8 Å². The molecule has 0 saturated carbocycles. The molecule has 2 aromatic heterocycles. The Labute approximate surface area is 167 Å². The van der Waals surface area contributed by atoms with Crippen molar-refractivity contribution in [3.63, 3.8) is 0 Å². The third kappa shape index (κ3) is 4.43. The minimum atomic E-state index is 0.137. The van der Waals surface area contributed by atoms with Crippen molar-refractivity contribution in [3.05, 3.63) is 46.7 Å². The summed E-state index contributed by atoms with van der Waals surface area (Å²) in [6.45, 7) is 15.8. The van der Waals surface area contributed by atoms with E-state index in [1.54, 1.807) is 0 Å². The highest BCUT2D eigenvalue weighted by molar-refractivity contribution is 7.18. The quantitative estimate of drug-likeness (QED) is 0.437. The molecule has 146 valence electrons. The Morgan fingerprint density at radius 2 is 1.81 bits per heavy atom. The molecule has 0 amide bonds. The second kappa shape index (κ2) is 7.75. The number of hydrogen-bond acceptors (Lipinski definition) is 3. The molecule has 0 radical (unpaired) electrons. The van der Waals surface area contributed by atoms with Gasteiger partial charge in [0.15, 0.2) is 0 Å². The van der Waals surface area contributed by atoms with Gasteiger partial charge in [-0.3, -0.25) is 4.68 Å². The maximum Gasteiger partial charge on any atom is 0.0963 e. The first kappa shape index (κ1) is 20.1. The van der Waals surface area contributed by atoms with E-state index < -0.39 is 0 Å². The van der Waals surface area contributed by atoms with Gasteiger partial charge in [-0.2, -0.15) is 5.10 Å². The molecule has 3 aromatic rings. The van der Waals surface area contributed by atoms with Crippen LogP contribution in [0, 0.1) is 0 Å². The minimum absolute atomic E-state index is 0.137. The molecule has 1 aromatic carbocycles. The summed E-state index contributed by atoms with van der Waals surface area (Å²) in [7, 11) is 0. The number of rotatable bonds is 7. The van der Waals surface area contributed by atoms with Crippen molar-refractivity contribution in [2.45, 2.75) is 84.6 Å². The van der Waals surface area contributed by atoms with Crippen LogP contribution in [0.2, 0.25) is 0 Å². The van der Waals surface area contributed by atoms with E-state index in [2.05, 4.69) is 82.6 Å². The maximum atomic E-state index is 4.77. The van der Waals surface area contributed by atoms with Crippen LogP contribution in [0.15, 0.2) is 30.6 Å². The first-order valence-electron chi connectivity index (χ1n) is 10.1. The Kier molecular flexibility index (Phi) is 5.76. The highest BCUT2D eigenvalue weighted by Crippen LogP contribution is 2.35. The minimum Gasteiger partial charge on any atom is -0.270 e. The second-order valence-electron chi connectivity index (χ2n) is 9.07. The number of hydrogen-bond donors (Lipinski definition) is 0. The molecule has 1 atom stereocenters. The smallest absolute Gasteiger partial charge is 0.0963 e. The molecule has 3 rings (SSSR count). The summed E-state index contributed by atoms with van der Waals surface area (Å²) >= 11 is 1.84. The predicted molar refractivity (Wildman–Crippen MR) is 117 cm³/mol. The van der Waals surface area contributed by atoms with Crippen LogP contribution in [0.1, 0.15) is 95.3 Å². The monoisotopic (exact) mass is 383 g/mol. The van der Waals surface area contributed by atoms with Crippen molar-refractivity contribution in [3.8, 4) is 0 Å². The van der Waals surface area contributed by atoms with Gasteiger partial charge < -0.3 is 0 Å². The summed E-state index contributed by atoms with van der Waals surface area (Å²) in [6, 6.07) is 7.23. The number of benzene rings is 1. The molecular formula is C23H33N3S. The van der Waals surface area contributed by atoms with E-state index in [0.717, 1.165) is 18.4 Å². The molecule has 4 heteroatoms. The molecule has 3 nitrogen and oxygen atoms in total. The Morgan fingerprint density at radius 3 is 2.44 bits per heavy atom. The van der Waals surface area contributed by atoms with Crippen LogP contribution in [-0.2, 0) is 5.41 Å². The fourth-order valence-electron chi connectivity index (χ4n) is 3.35. The summed E-state index contributed by atoms with van der Waals surface area (Å²) in [5.41, 5.74) is 4.00. The maximum absolute atomic E-state index is 4.77. The summed E-state index contributed by atoms with van der Waals surface area (Å²) in [5, 5.41) is 5.81.